The minimum atomic E-state index is -3.12. The van der Waals surface area contributed by atoms with E-state index in [1.807, 2.05) is 4.90 Å². The minimum absolute atomic E-state index is 0.0257. The highest BCUT2D eigenvalue weighted by atomic mass is 32.2. The van der Waals surface area contributed by atoms with Crippen molar-refractivity contribution in [1.29, 1.82) is 0 Å². The summed E-state index contributed by atoms with van der Waals surface area (Å²) >= 11 is 1.11. The van der Waals surface area contributed by atoms with Crippen molar-refractivity contribution in [2.45, 2.75) is 31.3 Å². The number of hydrogen-bond acceptors (Lipinski definition) is 4. The van der Waals surface area contributed by atoms with E-state index in [1.165, 1.54) is 6.08 Å². The highest BCUT2D eigenvalue weighted by Gasteiger charge is 2.32. The highest BCUT2D eigenvalue weighted by Crippen LogP contribution is 2.36. The van der Waals surface area contributed by atoms with Crippen molar-refractivity contribution in [3.05, 3.63) is 58.4 Å². The smallest absolute Gasteiger partial charge is 0.338 e. The van der Waals surface area contributed by atoms with Gasteiger partial charge in [-0.1, -0.05) is 18.2 Å². The zero-order chi connectivity index (χ0) is 20.1. The maximum atomic E-state index is 14.4. The van der Waals surface area contributed by atoms with E-state index < -0.39 is 24.1 Å². The standard InChI is InChI=1S/C20H22F3NO3S/c21-15-7-5-14(6-8-15)20(22,23)9-12-28-18-17(19(25)26)4-1-10-24(18)13-16-3-2-11-27-16/h1,4-8,16H,2-3,9-13H2,(H,25,26). The molecule has 1 atom stereocenters. The number of nitrogens with zero attached hydrogens (tertiary/aromatic N) is 1. The first-order chi connectivity index (χ1) is 13.4. The molecule has 0 spiro atoms. The summed E-state index contributed by atoms with van der Waals surface area (Å²) in [5.41, 5.74) is -0.138. The molecular weight excluding hydrogens is 391 g/mol. The second-order valence-electron chi connectivity index (χ2n) is 6.78. The highest BCUT2D eigenvalue weighted by molar-refractivity contribution is 8.03. The Morgan fingerprint density at radius 2 is 2.07 bits per heavy atom. The Hall–Kier alpha value is -1.93. The number of carbonyl (C=O) groups is 1. The van der Waals surface area contributed by atoms with Crippen LogP contribution >= 0.6 is 11.8 Å². The lowest BCUT2D eigenvalue weighted by molar-refractivity contribution is -0.132. The molecule has 0 saturated carbocycles. The number of ether oxygens (including phenoxy) is 1. The van der Waals surface area contributed by atoms with Crippen molar-refractivity contribution >= 4 is 17.7 Å². The van der Waals surface area contributed by atoms with Gasteiger partial charge in [-0.15, -0.1) is 11.8 Å². The normalized spacial score (nSPS) is 20.1. The fourth-order valence-electron chi connectivity index (χ4n) is 3.26. The summed E-state index contributed by atoms with van der Waals surface area (Å²) in [6.07, 6.45) is 4.71. The van der Waals surface area contributed by atoms with Crippen LogP contribution in [0.3, 0.4) is 0 Å². The molecule has 28 heavy (non-hydrogen) atoms. The monoisotopic (exact) mass is 413 g/mol. The van der Waals surface area contributed by atoms with E-state index in [4.69, 9.17) is 4.74 Å². The molecule has 4 nitrogen and oxygen atoms in total. The third-order valence-corrected chi connectivity index (χ3v) is 5.89. The van der Waals surface area contributed by atoms with Crippen molar-refractivity contribution in [3.8, 4) is 0 Å². The van der Waals surface area contributed by atoms with E-state index in [0.717, 1.165) is 48.9 Å². The Morgan fingerprint density at radius 3 is 2.71 bits per heavy atom. The van der Waals surface area contributed by atoms with Gasteiger partial charge >= 0.3 is 5.97 Å². The second-order valence-corrected chi connectivity index (χ2v) is 7.86. The van der Waals surface area contributed by atoms with Crippen molar-refractivity contribution in [3.63, 3.8) is 0 Å². The Labute approximate surface area is 166 Å². The van der Waals surface area contributed by atoms with E-state index in [9.17, 15) is 23.1 Å². The lowest BCUT2D eigenvalue weighted by atomic mass is 10.1. The van der Waals surface area contributed by atoms with E-state index in [2.05, 4.69) is 0 Å². The zero-order valence-electron chi connectivity index (χ0n) is 15.2. The van der Waals surface area contributed by atoms with Crippen LogP contribution in [0.25, 0.3) is 0 Å². The SMILES string of the molecule is O=C(O)C1=C(SCCC(F)(F)c2ccc(F)cc2)N(CC2CCCO2)CC=C1. The van der Waals surface area contributed by atoms with Crippen LogP contribution in [0.5, 0.6) is 0 Å². The summed E-state index contributed by atoms with van der Waals surface area (Å²) in [7, 11) is 0. The third kappa shape index (κ3) is 5.11. The number of carboxylic acid groups (broad SMARTS) is 1. The van der Waals surface area contributed by atoms with Crippen LogP contribution in [0.2, 0.25) is 0 Å². The van der Waals surface area contributed by atoms with Crippen LogP contribution < -0.4 is 0 Å². The number of carboxylic acids is 1. The molecule has 2 aliphatic heterocycles. The molecule has 0 radical (unpaired) electrons. The van der Waals surface area contributed by atoms with Crippen LogP contribution in [0, 0.1) is 5.82 Å². The van der Waals surface area contributed by atoms with Crippen molar-refractivity contribution < 1.29 is 27.8 Å². The van der Waals surface area contributed by atoms with Gasteiger partial charge in [-0.2, -0.15) is 0 Å². The van der Waals surface area contributed by atoms with Gasteiger partial charge in [0.1, 0.15) is 5.82 Å². The first-order valence-corrected chi connectivity index (χ1v) is 10.1. The average Bonchev–Trinajstić information content (AvgIpc) is 3.16. The van der Waals surface area contributed by atoms with Gasteiger partial charge < -0.3 is 14.7 Å². The van der Waals surface area contributed by atoms with Crippen LogP contribution in [-0.4, -0.2) is 47.5 Å². The van der Waals surface area contributed by atoms with Crippen LogP contribution in [-0.2, 0) is 15.5 Å². The Balaban J connectivity index is 1.68. The third-order valence-electron chi connectivity index (χ3n) is 4.73. The maximum absolute atomic E-state index is 14.4. The summed E-state index contributed by atoms with van der Waals surface area (Å²) < 4.78 is 47.4. The van der Waals surface area contributed by atoms with Crippen LogP contribution in [0.4, 0.5) is 13.2 Å². The molecule has 1 fully saturated rings. The molecule has 0 bridgehead atoms. The van der Waals surface area contributed by atoms with Gasteiger partial charge in [0.25, 0.3) is 5.92 Å². The number of thioether (sulfide) groups is 1. The molecule has 1 aromatic carbocycles. The topological polar surface area (TPSA) is 49.8 Å². The lowest BCUT2D eigenvalue weighted by Crippen LogP contribution is -2.34. The quantitative estimate of drug-likeness (QED) is 0.685. The zero-order valence-corrected chi connectivity index (χ0v) is 16.1. The van der Waals surface area contributed by atoms with Gasteiger partial charge in [0.2, 0.25) is 0 Å². The van der Waals surface area contributed by atoms with Crippen molar-refractivity contribution in [1.82, 2.24) is 4.90 Å². The number of rotatable bonds is 8. The van der Waals surface area contributed by atoms with Gasteiger partial charge in [-0.05, 0) is 31.1 Å². The number of aliphatic carboxylic acids is 1. The molecule has 2 aliphatic rings. The number of alkyl halides is 2. The molecule has 3 rings (SSSR count). The van der Waals surface area contributed by atoms with E-state index in [0.29, 0.717) is 24.7 Å². The molecule has 0 amide bonds. The minimum Gasteiger partial charge on any atom is -0.478 e. The summed E-state index contributed by atoms with van der Waals surface area (Å²) in [6, 6.07) is 4.18. The Morgan fingerprint density at radius 1 is 1.32 bits per heavy atom. The summed E-state index contributed by atoms with van der Waals surface area (Å²) in [4.78, 5) is 13.5. The van der Waals surface area contributed by atoms with Crippen LogP contribution in [0.1, 0.15) is 24.8 Å². The predicted octanol–water partition coefficient (Wildman–Crippen LogP) is 4.39. The lowest BCUT2D eigenvalue weighted by Gasteiger charge is -2.31. The fraction of sp³-hybridized carbons (Fsp3) is 0.450. The van der Waals surface area contributed by atoms with Gasteiger partial charge in [0.05, 0.1) is 16.7 Å². The van der Waals surface area contributed by atoms with Gasteiger partial charge in [0, 0.05) is 37.4 Å². The number of benzene rings is 1. The van der Waals surface area contributed by atoms with Gasteiger partial charge in [-0.25, -0.2) is 18.0 Å². The second kappa shape index (κ2) is 9.05. The molecule has 0 aromatic heterocycles. The van der Waals surface area contributed by atoms with E-state index in [1.54, 1.807) is 6.08 Å². The molecular formula is C20H22F3NO3S. The predicted molar refractivity (Wildman–Crippen MR) is 102 cm³/mol. The fourth-order valence-corrected chi connectivity index (χ4v) is 4.45. The van der Waals surface area contributed by atoms with E-state index in [-0.39, 0.29) is 23.0 Å². The van der Waals surface area contributed by atoms with E-state index >= 15 is 0 Å². The summed E-state index contributed by atoms with van der Waals surface area (Å²) in [5.74, 6) is -4.73. The average molecular weight is 413 g/mol. The molecule has 1 saturated heterocycles. The van der Waals surface area contributed by atoms with Gasteiger partial charge in [0.15, 0.2) is 0 Å². The molecule has 152 valence electrons. The van der Waals surface area contributed by atoms with Crippen molar-refractivity contribution in [2.75, 3.05) is 25.4 Å². The molecule has 1 unspecified atom stereocenters. The number of halogens is 3. The summed E-state index contributed by atoms with van der Waals surface area (Å²) in [6.45, 7) is 1.75. The Kier molecular flexibility index (Phi) is 6.72. The maximum Gasteiger partial charge on any atom is 0.338 e. The van der Waals surface area contributed by atoms with Gasteiger partial charge in [-0.3, -0.25) is 0 Å². The molecule has 1 N–H and O–H groups in total. The Bertz CT molecular complexity index is 758. The molecule has 1 aromatic rings. The molecule has 2 heterocycles. The van der Waals surface area contributed by atoms with Crippen LogP contribution in [0.15, 0.2) is 47.0 Å². The number of hydrogen-bond donors (Lipinski definition) is 1. The molecule has 0 aliphatic carbocycles. The molecule has 8 heteroatoms. The summed E-state index contributed by atoms with van der Waals surface area (Å²) in [5, 5.41) is 9.97. The first kappa shape index (κ1) is 20.8. The first-order valence-electron chi connectivity index (χ1n) is 9.14. The largest absolute Gasteiger partial charge is 0.478 e. The van der Waals surface area contributed by atoms with Crippen molar-refractivity contribution in [2.24, 2.45) is 0 Å².